The van der Waals surface area contributed by atoms with Crippen LogP contribution >= 0.6 is 23.4 Å². The molecule has 1 saturated heterocycles. The Morgan fingerprint density at radius 3 is 2.27 bits per heavy atom. The predicted octanol–water partition coefficient (Wildman–Crippen LogP) is 9.02. The lowest BCUT2D eigenvalue weighted by Crippen LogP contribution is -2.32. The molecule has 1 aliphatic heterocycles. The lowest BCUT2D eigenvalue weighted by molar-refractivity contribution is -0.123. The number of rotatable bonds is 6. The van der Waals surface area contributed by atoms with E-state index < -0.39 is 0 Å². The van der Waals surface area contributed by atoms with E-state index in [1.165, 1.54) is 11.8 Å². The van der Waals surface area contributed by atoms with Crippen molar-refractivity contribution in [2.45, 2.75) is 26.4 Å². The molecule has 6 heteroatoms. The molecule has 0 saturated carbocycles. The molecule has 0 spiro atoms. The number of carbonyl (C=O) groups is 1. The third-order valence-electron chi connectivity index (χ3n) is 7.33. The zero-order valence-electron chi connectivity index (χ0n) is 22.3. The SMILES string of the molecule is Cc1c(/C=C2/SC(=Nc3ccccc3)N([C@@H](C)c3ccccc3)C2=O)c2ccccc2n1Cc1ccccc1Cl. The number of hydrogen-bond donors (Lipinski definition) is 0. The van der Waals surface area contributed by atoms with Crippen molar-refractivity contribution in [2.75, 3.05) is 0 Å². The zero-order valence-corrected chi connectivity index (χ0v) is 23.9. The number of fused-ring (bicyclic) bond motifs is 1. The molecule has 0 unspecified atom stereocenters. The lowest BCUT2D eigenvalue weighted by Gasteiger charge is -2.24. The van der Waals surface area contributed by atoms with E-state index in [0.717, 1.165) is 44.0 Å². The van der Waals surface area contributed by atoms with Crippen LogP contribution in [-0.4, -0.2) is 20.5 Å². The van der Waals surface area contributed by atoms with Gasteiger partial charge in [-0.3, -0.25) is 9.69 Å². The minimum atomic E-state index is -0.169. The van der Waals surface area contributed by atoms with Crippen LogP contribution in [0.1, 0.15) is 35.3 Å². The van der Waals surface area contributed by atoms with Gasteiger partial charge in [-0.05, 0) is 67.1 Å². The number of halogens is 1. The molecular weight excluding hydrogens is 534 g/mol. The van der Waals surface area contributed by atoms with Gasteiger partial charge in [-0.15, -0.1) is 0 Å². The van der Waals surface area contributed by atoms with E-state index in [4.69, 9.17) is 16.6 Å². The summed E-state index contributed by atoms with van der Waals surface area (Å²) in [5, 5.41) is 2.52. The number of hydrogen-bond acceptors (Lipinski definition) is 3. The molecule has 1 amide bonds. The molecule has 6 rings (SSSR count). The van der Waals surface area contributed by atoms with Crippen molar-refractivity contribution in [2.24, 2.45) is 4.99 Å². The first-order valence-corrected chi connectivity index (χ1v) is 14.4. The normalized spacial score (nSPS) is 16.4. The van der Waals surface area contributed by atoms with Crippen LogP contribution in [-0.2, 0) is 11.3 Å². The van der Waals surface area contributed by atoms with Crippen molar-refractivity contribution < 1.29 is 4.79 Å². The number of amidine groups is 1. The van der Waals surface area contributed by atoms with E-state index in [2.05, 4.69) is 48.7 Å². The first-order chi connectivity index (χ1) is 19.5. The van der Waals surface area contributed by atoms with E-state index in [1.54, 1.807) is 0 Å². The summed E-state index contributed by atoms with van der Waals surface area (Å²) in [5.41, 5.74) is 6.15. The largest absolute Gasteiger partial charge is 0.340 e. The summed E-state index contributed by atoms with van der Waals surface area (Å²) in [7, 11) is 0. The molecule has 40 heavy (non-hydrogen) atoms. The Bertz CT molecular complexity index is 1760. The molecule has 1 aliphatic rings. The zero-order chi connectivity index (χ0) is 27.6. The summed E-state index contributed by atoms with van der Waals surface area (Å²) in [4.78, 5) is 21.4. The third-order valence-corrected chi connectivity index (χ3v) is 8.68. The maximum atomic E-state index is 14.0. The van der Waals surface area contributed by atoms with E-state index in [9.17, 15) is 4.79 Å². The van der Waals surface area contributed by atoms with Gasteiger partial charge in [0.2, 0.25) is 0 Å². The minimum absolute atomic E-state index is 0.0432. The molecule has 0 radical (unpaired) electrons. The lowest BCUT2D eigenvalue weighted by atomic mass is 10.1. The van der Waals surface area contributed by atoms with Crippen LogP contribution in [0.4, 0.5) is 5.69 Å². The van der Waals surface area contributed by atoms with Crippen molar-refractivity contribution in [3.8, 4) is 0 Å². The van der Waals surface area contributed by atoms with Gasteiger partial charge in [0.15, 0.2) is 5.17 Å². The number of para-hydroxylation sites is 2. The van der Waals surface area contributed by atoms with Crippen LogP contribution < -0.4 is 0 Å². The van der Waals surface area contributed by atoms with Crippen LogP contribution in [0, 0.1) is 6.92 Å². The number of nitrogens with zero attached hydrogens (tertiary/aromatic N) is 3. The summed E-state index contributed by atoms with van der Waals surface area (Å²) in [6, 6.07) is 36.0. The van der Waals surface area contributed by atoms with E-state index in [1.807, 2.05) is 89.8 Å². The summed E-state index contributed by atoms with van der Waals surface area (Å²) < 4.78 is 2.27. The Hall–Kier alpha value is -4.06. The van der Waals surface area contributed by atoms with E-state index >= 15 is 0 Å². The first kappa shape index (κ1) is 26.2. The monoisotopic (exact) mass is 561 g/mol. The second-order valence-corrected chi connectivity index (χ2v) is 11.2. The molecule has 2 heterocycles. The maximum Gasteiger partial charge on any atom is 0.267 e. The van der Waals surface area contributed by atoms with Gasteiger partial charge in [0.1, 0.15) is 0 Å². The van der Waals surface area contributed by atoms with Crippen molar-refractivity contribution in [1.82, 2.24) is 9.47 Å². The van der Waals surface area contributed by atoms with Gasteiger partial charge in [0.25, 0.3) is 5.91 Å². The van der Waals surface area contributed by atoms with Crippen molar-refractivity contribution in [3.05, 3.63) is 142 Å². The Morgan fingerprint density at radius 1 is 0.875 bits per heavy atom. The Kier molecular flexibility index (Phi) is 7.33. The smallest absolute Gasteiger partial charge is 0.267 e. The maximum absolute atomic E-state index is 14.0. The fraction of sp³-hybridized carbons (Fsp3) is 0.118. The number of carbonyl (C=O) groups excluding carboxylic acids is 1. The summed E-state index contributed by atoms with van der Waals surface area (Å²) >= 11 is 7.96. The fourth-order valence-electron chi connectivity index (χ4n) is 5.17. The third kappa shape index (κ3) is 4.99. The van der Waals surface area contributed by atoms with Crippen LogP contribution in [0.15, 0.2) is 119 Å². The van der Waals surface area contributed by atoms with Gasteiger partial charge < -0.3 is 4.57 Å². The second-order valence-electron chi connectivity index (χ2n) is 9.80. The summed E-state index contributed by atoms with van der Waals surface area (Å²) in [6.45, 7) is 4.81. The molecular formula is C34H28ClN3OS. The molecule has 4 aromatic carbocycles. The molecule has 1 aromatic heterocycles. The Balaban J connectivity index is 1.45. The second kappa shape index (κ2) is 11.2. The van der Waals surface area contributed by atoms with Crippen LogP contribution in [0.5, 0.6) is 0 Å². The number of benzene rings is 4. The molecule has 1 fully saturated rings. The van der Waals surface area contributed by atoms with Crippen molar-refractivity contribution >= 4 is 57.1 Å². The average molecular weight is 562 g/mol. The Labute approximate surface area is 243 Å². The van der Waals surface area contributed by atoms with Crippen molar-refractivity contribution in [3.63, 3.8) is 0 Å². The Morgan fingerprint density at radius 2 is 1.52 bits per heavy atom. The summed E-state index contributed by atoms with van der Waals surface area (Å²) in [5.74, 6) is -0.0432. The van der Waals surface area contributed by atoms with Gasteiger partial charge in [-0.2, -0.15) is 0 Å². The number of thioether (sulfide) groups is 1. The van der Waals surface area contributed by atoms with Gasteiger partial charge in [0.05, 0.1) is 16.6 Å². The highest BCUT2D eigenvalue weighted by Crippen LogP contribution is 2.40. The quantitative estimate of drug-likeness (QED) is 0.194. The van der Waals surface area contributed by atoms with Crippen LogP contribution in [0.25, 0.3) is 17.0 Å². The molecule has 0 bridgehead atoms. The molecule has 0 N–H and O–H groups in total. The van der Waals surface area contributed by atoms with Crippen LogP contribution in [0.2, 0.25) is 5.02 Å². The highest BCUT2D eigenvalue weighted by Gasteiger charge is 2.37. The highest BCUT2D eigenvalue weighted by atomic mass is 35.5. The summed E-state index contributed by atoms with van der Waals surface area (Å²) in [6.07, 6.45) is 2.03. The number of aromatic nitrogens is 1. The van der Waals surface area contributed by atoms with E-state index in [0.29, 0.717) is 16.6 Å². The molecule has 5 aromatic rings. The van der Waals surface area contributed by atoms with Gasteiger partial charge >= 0.3 is 0 Å². The van der Waals surface area contributed by atoms with Gasteiger partial charge in [-0.1, -0.05) is 96.5 Å². The minimum Gasteiger partial charge on any atom is -0.340 e. The topological polar surface area (TPSA) is 37.6 Å². The molecule has 198 valence electrons. The molecule has 4 nitrogen and oxygen atoms in total. The molecule has 1 atom stereocenters. The highest BCUT2D eigenvalue weighted by molar-refractivity contribution is 8.18. The number of aliphatic imine (C=N–C) groups is 1. The van der Waals surface area contributed by atoms with Crippen LogP contribution in [0.3, 0.4) is 0 Å². The average Bonchev–Trinajstić information content (AvgIpc) is 3.43. The van der Waals surface area contributed by atoms with Gasteiger partial charge in [-0.25, -0.2) is 4.99 Å². The predicted molar refractivity (Wildman–Crippen MR) is 168 cm³/mol. The van der Waals surface area contributed by atoms with E-state index in [-0.39, 0.29) is 11.9 Å². The van der Waals surface area contributed by atoms with Crippen molar-refractivity contribution in [1.29, 1.82) is 0 Å². The molecule has 0 aliphatic carbocycles. The van der Waals surface area contributed by atoms with Gasteiger partial charge in [0, 0.05) is 33.7 Å². The standard InChI is InChI=1S/C34H28ClN3OS/c1-23(25-13-5-3-6-14-25)38-33(39)32(40-34(38)36-27-16-7-4-8-17-27)21-29-24(2)37(31-20-12-10-18-28(29)31)22-26-15-9-11-19-30(26)35/h3-21,23H,22H2,1-2H3/b32-21+,36-34?/t23-/m0/s1. The fourth-order valence-corrected chi connectivity index (χ4v) is 6.42. The number of amides is 1. The first-order valence-electron chi connectivity index (χ1n) is 13.2.